The highest BCUT2D eigenvalue weighted by molar-refractivity contribution is 6.06. The summed E-state index contributed by atoms with van der Waals surface area (Å²) in [7, 11) is 1.54. The number of aryl methyl sites for hydroxylation is 1. The van der Waals surface area contributed by atoms with E-state index < -0.39 is 5.41 Å². The van der Waals surface area contributed by atoms with E-state index in [2.05, 4.69) is 31.7 Å². The second-order valence-electron chi connectivity index (χ2n) is 9.18. The third-order valence-corrected chi connectivity index (χ3v) is 6.48. The maximum atomic E-state index is 13.1. The zero-order valence-corrected chi connectivity index (χ0v) is 21.6. The van der Waals surface area contributed by atoms with Gasteiger partial charge in [0, 0.05) is 47.5 Å². The van der Waals surface area contributed by atoms with E-state index in [1.807, 2.05) is 38.1 Å². The molecular formula is C29H29N7O2. The van der Waals surface area contributed by atoms with E-state index in [0.717, 1.165) is 22.3 Å². The first-order valence-electron chi connectivity index (χ1n) is 12.3. The molecule has 0 radical (unpaired) electrons. The molecule has 2 amide bonds. The number of aromatic nitrogens is 3. The van der Waals surface area contributed by atoms with Crippen molar-refractivity contribution in [1.82, 2.24) is 20.3 Å². The van der Waals surface area contributed by atoms with Crippen molar-refractivity contribution < 1.29 is 9.59 Å². The van der Waals surface area contributed by atoms with E-state index in [4.69, 9.17) is 5.73 Å². The van der Waals surface area contributed by atoms with Gasteiger partial charge >= 0.3 is 0 Å². The Kier molecular flexibility index (Phi) is 7.63. The molecule has 9 nitrogen and oxygen atoms in total. The lowest BCUT2D eigenvalue weighted by Crippen LogP contribution is -2.19. The second-order valence-corrected chi connectivity index (χ2v) is 9.18. The fraction of sp³-hybridized carbons (Fsp3) is 0.241. The number of rotatable bonds is 8. The van der Waals surface area contributed by atoms with Gasteiger partial charge in [-0.15, -0.1) is 0 Å². The first kappa shape index (κ1) is 26.2. The number of nitriles is 1. The molecule has 1 fully saturated rings. The summed E-state index contributed by atoms with van der Waals surface area (Å²) in [6, 6.07) is 11.5. The Morgan fingerprint density at radius 2 is 1.92 bits per heavy atom. The lowest BCUT2D eigenvalue weighted by Gasteiger charge is -2.13. The minimum atomic E-state index is -0.646. The molecule has 9 heteroatoms. The Bertz CT molecular complexity index is 1500. The van der Waals surface area contributed by atoms with Gasteiger partial charge in [0.15, 0.2) is 0 Å². The van der Waals surface area contributed by atoms with Crippen LogP contribution in [-0.4, -0.2) is 33.8 Å². The van der Waals surface area contributed by atoms with Crippen LogP contribution < -0.4 is 16.4 Å². The molecule has 4 rings (SSSR count). The number of amides is 2. The molecule has 0 atom stereocenters. The van der Waals surface area contributed by atoms with E-state index in [-0.39, 0.29) is 17.5 Å². The summed E-state index contributed by atoms with van der Waals surface area (Å²) >= 11 is 0. The summed E-state index contributed by atoms with van der Waals surface area (Å²) in [4.78, 5) is 37.8. The number of carbonyl (C=O) groups is 2. The molecule has 1 aromatic carbocycles. The van der Waals surface area contributed by atoms with E-state index in [9.17, 15) is 14.9 Å². The van der Waals surface area contributed by atoms with Gasteiger partial charge in [-0.3, -0.25) is 14.6 Å². The number of benzene rings is 1. The molecule has 1 saturated carbocycles. The molecule has 1 aliphatic rings. The number of anilines is 1. The third kappa shape index (κ3) is 5.60. The van der Waals surface area contributed by atoms with Crippen molar-refractivity contribution in [3.63, 3.8) is 0 Å². The van der Waals surface area contributed by atoms with Crippen LogP contribution in [0.1, 0.15) is 42.2 Å². The van der Waals surface area contributed by atoms with Crippen molar-refractivity contribution in [2.75, 3.05) is 12.4 Å². The topological polar surface area (TPSA) is 147 Å². The highest BCUT2D eigenvalue weighted by atomic mass is 16.2. The molecule has 3 aromatic rings. The van der Waals surface area contributed by atoms with Crippen molar-refractivity contribution in [2.45, 2.75) is 33.1 Å². The Labute approximate surface area is 221 Å². The fourth-order valence-electron chi connectivity index (χ4n) is 4.04. The van der Waals surface area contributed by atoms with Crippen molar-refractivity contribution in [1.29, 1.82) is 5.26 Å². The van der Waals surface area contributed by atoms with Crippen molar-refractivity contribution in [3.8, 4) is 28.5 Å². The standard InChI is InChI=1S/C29H29N7O2/c1-4-5-19(11-26(31)29(16-30)8-9-29)27(37)36-22-7-6-18(2)23(12-22)20-10-21(15-33-14-20)24-13-25(28(38)32-3)35-17-34-24/h5-7,10-15,17H,4,8-9,31H2,1-3H3,(H,32,38)(H,36,37)/b19-5+,26-11-. The van der Waals surface area contributed by atoms with Gasteiger partial charge in [-0.05, 0) is 67.7 Å². The highest BCUT2D eigenvalue weighted by Gasteiger charge is 2.46. The molecule has 38 heavy (non-hydrogen) atoms. The van der Waals surface area contributed by atoms with Gasteiger partial charge in [-0.25, -0.2) is 9.97 Å². The van der Waals surface area contributed by atoms with E-state index >= 15 is 0 Å². The Morgan fingerprint density at radius 3 is 2.61 bits per heavy atom. The zero-order valence-electron chi connectivity index (χ0n) is 21.6. The van der Waals surface area contributed by atoms with Gasteiger partial charge in [0.25, 0.3) is 11.8 Å². The summed E-state index contributed by atoms with van der Waals surface area (Å²) in [5, 5.41) is 14.9. The first-order chi connectivity index (χ1) is 18.3. The molecule has 2 aromatic heterocycles. The summed E-state index contributed by atoms with van der Waals surface area (Å²) < 4.78 is 0. The van der Waals surface area contributed by atoms with E-state index in [1.54, 1.807) is 37.7 Å². The summed E-state index contributed by atoms with van der Waals surface area (Å²) in [6.45, 7) is 3.92. The van der Waals surface area contributed by atoms with Crippen molar-refractivity contribution >= 4 is 17.5 Å². The van der Waals surface area contributed by atoms with Crippen LogP contribution >= 0.6 is 0 Å². The average Bonchev–Trinajstić information content (AvgIpc) is 3.75. The van der Waals surface area contributed by atoms with Crippen molar-refractivity contribution in [2.24, 2.45) is 11.1 Å². The Morgan fingerprint density at radius 1 is 1.16 bits per heavy atom. The zero-order chi connectivity index (χ0) is 27.3. The van der Waals surface area contributed by atoms with Gasteiger partial charge in [0.1, 0.15) is 12.0 Å². The van der Waals surface area contributed by atoms with Gasteiger partial charge in [-0.2, -0.15) is 5.26 Å². The normalized spacial score (nSPS) is 14.4. The van der Waals surface area contributed by atoms with Crippen LogP contribution in [0.2, 0.25) is 0 Å². The van der Waals surface area contributed by atoms with Crippen LogP contribution in [0.5, 0.6) is 0 Å². The molecule has 0 saturated heterocycles. The molecule has 1 aliphatic carbocycles. The largest absolute Gasteiger partial charge is 0.401 e. The number of allylic oxidation sites excluding steroid dienone is 2. The number of nitrogens with one attached hydrogen (secondary N) is 2. The summed E-state index contributed by atoms with van der Waals surface area (Å²) in [6.07, 6.45) is 10.2. The third-order valence-electron chi connectivity index (χ3n) is 6.48. The summed E-state index contributed by atoms with van der Waals surface area (Å²) in [5.74, 6) is -0.599. The number of carbonyl (C=O) groups excluding carboxylic acids is 2. The van der Waals surface area contributed by atoms with Crippen LogP contribution in [0.15, 0.2) is 72.5 Å². The molecule has 0 unspecified atom stereocenters. The second kappa shape index (κ2) is 11.0. The first-order valence-corrected chi connectivity index (χ1v) is 12.3. The van der Waals surface area contributed by atoms with Crippen LogP contribution in [0.4, 0.5) is 5.69 Å². The number of hydrogen-bond acceptors (Lipinski definition) is 7. The molecular weight excluding hydrogens is 478 g/mol. The molecule has 4 N–H and O–H groups in total. The van der Waals surface area contributed by atoms with E-state index in [0.29, 0.717) is 41.9 Å². The SMILES string of the molecule is CC/C=C(\C=C(/N)C1(C#N)CC1)C(=O)Nc1ccc(C)c(-c2cncc(-c3cc(C(=O)NC)ncn3)c2)c1. The Hall–Kier alpha value is -4.84. The quantitative estimate of drug-likeness (QED) is 0.304. The van der Waals surface area contributed by atoms with E-state index in [1.165, 1.54) is 6.33 Å². The fourth-order valence-corrected chi connectivity index (χ4v) is 4.04. The summed E-state index contributed by atoms with van der Waals surface area (Å²) in [5.41, 5.74) is 11.3. The highest BCUT2D eigenvalue weighted by Crippen LogP contribution is 2.49. The van der Waals surface area contributed by atoms with Gasteiger partial charge in [0.05, 0.1) is 17.2 Å². The number of hydrogen-bond donors (Lipinski definition) is 3. The predicted octanol–water partition coefficient (Wildman–Crippen LogP) is 4.29. The number of nitrogens with zero attached hydrogens (tertiary/aromatic N) is 4. The molecule has 0 spiro atoms. The van der Waals surface area contributed by atoms with Crippen LogP contribution in [0.25, 0.3) is 22.4 Å². The molecule has 0 bridgehead atoms. The molecule has 0 aliphatic heterocycles. The maximum Gasteiger partial charge on any atom is 0.269 e. The lowest BCUT2D eigenvalue weighted by atomic mass is 9.99. The lowest BCUT2D eigenvalue weighted by molar-refractivity contribution is -0.112. The van der Waals surface area contributed by atoms with Gasteiger partial charge < -0.3 is 16.4 Å². The monoisotopic (exact) mass is 507 g/mol. The predicted molar refractivity (Wildman–Crippen MR) is 145 cm³/mol. The molecule has 192 valence electrons. The number of nitrogens with two attached hydrogens (primary N) is 1. The minimum absolute atomic E-state index is 0.261. The van der Waals surface area contributed by atoms with Gasteiger partial charge in [0.2, 0.25) is 0 Å². The van der Waals surface area contributed by atoms with Crippen LogP contribution in [0.3, 0.4) is 0 Å². The minimum Gasteiger partial charge on any atom is -0.401 e. The van der Waals surface area contributed by atoms with Crippen LogP contribution in [-0.2, 0) is 4.79 Å². The number of pyridine rings is 1. The van der Waals surface area contributed by atoms with Gasteiger partial charge in [-0.1, -0.05) is 19.1 Å². The maximum absolute atomic E-state index is 13.1. The molecule has 2 heterocycles. The Balaban J connectivity index is 1.61. The van der Waals surface area contributed by atoms with Crippen molar-refractivity contribution in [3.05, 3.63) is 83.7 Å². The average molecular weight is 508 g/mol. The smallest absolute Gasteiger partial charge is 0.269 e. The van der Waals surface area contributed by atoms with Crippen LogP contribution in [0, 0.1) is 23.7 Å².